The van der Waals surface area contributed by atoms with E-state index in [1.165, 1.54) is 0 Å². The second-order valence-corrected chi connectivity index (χ2v) is 9.82. The number of hydrogen-bond donors (Lipinski definition) is 0. The van der Waals surface area contributed by atoms with Gasteiger partial charge >= 0.3 is 11.3 Å². The van der Waals surface area contributed by atoms with Gasteiger partial charge in [-0.05, 0) is 80.8 Å². The van der Waals surface area contributed by atoms with Crippen LogP contribution in [0.2, 0.25) is 0 Å². The van der Waals surface area contributed by atoms with E-state index in [4.69, 9.17) is 8.83 Å². The molecule has 0 atom stereocenters. The fourth-order valence-corrected chi connectivity index (χ4v) is 5.28. The zero-order chi connectivity index (χ0) is 26.8. The molecule has 0 bridgehead atoms. The number of benzene rings is 6. The molecular formula is C34H18N2O4. The summed E-state index contributed by atoms with van der Waals surface area (Å²) < 4.78 is 11.3. The van der Waals surface area contributed by atoms with E-state index >= 15 is 0 Å². The van der Waals surface area contributed by atoms with Crippen LogP contribution in [0, 0.1) is 0 Å². The first kappa shape index (κ1) is 22.4. The molecule has 0 N–H and O–H groups in total. The van der Waals surface area contributed by atoms with Gasteiger partial charge in [-0.2, -0.15) is 0 Å². The summed E-state index contributed by atoms with van der Waals surface area (Å²) >= 11 is 0. The monoisotopic (exact) mass is 518 g/mol. The van der Waals surface area contributed by atoms with E-state index in [2.05, 4.69) is 9.97 Å². The molecule has 0 aliphatic rings. The van der Waals surface area contributed by atoms with Gasteiger partial charge in [0, 0.05) is 11.1 Å². The van der Waals surface area contributed by atoms with Crippen molar-refractivity contribution in [2.24, 2.45) is 0 Å². The van der Waals surface area contributed by atoms with Crippen molar-refractivity contribution < 1.29 is 8.83 Å². The first-order valence-corrected chi connectivity index (χ1v) is 12.8. The molecule has 0 aliphatic carbocycles. The first-order valence-electron chi connectivity index (χ1n) is 12.8. The summed E-state index contributed by atoms with van der Waals surface area (Å²) in [5.41, 5.74) is 1.71. The van der Waals surface area contributed by atoms with E-state index in [1.54, 1.807) is 0 Å². The van der Waals surface area contributed by atoms with Gasteiger partial charge in [0.25, 0.3) is 0 Å². The van der Waals surface area contributed by atoms with E-state index in [9.17, 15) is 9.59 Å². The molecule has 0 spiro atoms. The van der Waals surface area contributed by atoms with Crippen molar-refractivity contribution in [3.63, 3.8) is 0 Å². The summed E-state index contributed by atoms with van der Waals surface area (Å²) in [5.74, 6) is 0.515. The number of fused-ring (bicyclic) bond motifs is 5. The molecule has 0 saturated carbocycles. The quantitative estimate of drug-likeness (QED) is 0.221. The van der Waals surface area contributed by atoms with Gasteiger partial charge in [0.15, 0.2) is 0 Å². The number of rotatable bonds is 2. The van der Waals surface area contributed by atoms with E-state index in [0.29, 0.717) is 32.9 Å². The number of nitrogens with zero attached hydrogens (tertiary/aromatic N) is 2. The highest BCUT2D eigenvalue weighted by Crippen LogP contribution is 2.29. The summed E-state index contributed by atoms with van der Waals surface area (Å²) in [5, 5.41) is 6.67. The molecule has 6 nitrogen and oxygen atoms in total. The zero-order valence-corrected chi connectivity index (χ0v) is 20.9. The van der Waals surface area contributed by atoms with Crippen molar-refractivity contribution in [1.29, 1.82) is 0 Å². The minimum absolute atomic E-state index is 0.258. The third-order valence-corrected chi connectivity index (χ3v) is 7.32. The standard InChI is InChI=1S/C34H18N2O4/c37-33-27-15-19-5-1-3-7-21(19)17-29(27)35-31(39-33)25-11-9-24-14-26(12-10-23(24)13-25)32-36-30-18-22-8-4-2-6-20(22)16-28(30)34(38)40-32/h1-18H. The molecular weight excluding hydrogens is 500 g/mol. The zero-order valence-electron chi connectivity index (χ0n) is 20.9. The highest BCUT2D eigenvalue weighted by atomic mass is 16.4. The molecule has 8 aromatic rings. The largest absolute Gasteiger partial charge is 0.403 e. The summed E-state index contributed by atoms with van der Waals surface area (Å²) in [6, 6.07) is 34.6. The topological polar surface area (TPSA) is 86.2 Å². The maximum Gasteiger partial charge on any atom is 0.347 e. The summed E-state index contributed by atoms with van der Waals surface area (Å²) in [6.07, 6.45) is 0. The van der Waals surface area contributed by atoms with Crippen LogP contribution in [0.3, 0.4) is 0 Å². The Kier molecular flexibility index (Phi) is 4.72. The van der Waals surface area contributed by atoms with E-state index in [0.717, 1.165) is 32.3 Å². The van der Waals surface area contributed by atoms with Crippen LogP contribution < -0.4 is 11.3 Å². The van der Waals surface area contributed by atoms with Gasteiger partial charge in [0.05, 0.1) is 21.8 Å². The summed E-state index contributed by atoms with van der Waals surface area (Å²) in [6.45, 7) is 0. The average Bonchev–Trinajstić information content (AvgIpc) is 2.99. The summed E-state index contributed by atoms with van der Waals surface area (Å²) in [7, 11) is 0. The van der Waals surface area contributed by atoms with E-state index < -0.39 is 11.3 Å². The molecule has 0 radical (unpaired) electrons. The molecule has 0 amide bonds. The lowest BCUT2D eigenvalue weighted by Gasteiger charge is -2.07. The highest BCUT2D eigenvalue weighted by Gasteiger charge is 2.13. The van der Waals surface area contributed by atoms with Crippen LogP contribution in [0.25, 0.3) is 77.0 Å². The smallest absolute Gasteiger partial charge is 0.347 e. The molecule has 0 saturated heterocycles. The number of hydrogen-bond acceptors (Lipinski definition) is 6. The Morgan fingerprint density at radius 1 is 0.425 bits per heavy atom. The molecule has 6 aromatic carbocycles. The van der Waals surface area contributed by atoms with Crippen LogP contribution in [0.4, 0.5) is 0 Å². The van der Waals surface area contributed by atoms with Gasteiger partial charge in [-0.1, -0.05) is 60.7 Å². The van der Waals surface area contributed by atoms with Crippen molar-refractivity contribution in [2.75, 3.05) is 0 Å². The van der Waals surface area contributed by atoms with Crippen molar-refractivity contribution in [3.8, 4) is 22.9 Å². The van der Waals surface area contributed by atoms with Gasteiger partial charge < -0.3 is 8.83 Å². The molecule has 6 heteroatoms. The van der Waals surface area contributed by atoms with Crippen molar-refractivity contribution in [1.82, 2.24) is 9.97 Å². The van der Waals surface area contributed by atoms with Crippen LogP contribution in [0.5, 0.6) is 0 Å². The second-order valence-electron chi connectivity index (χ2n) is 9.82. The van der Waals surface area contributed by atoms with E-state index in [-0.39, 0.29) is 11.8 Å². The highest BCUT2D eigenvalue weighted by molar-refractivity contribution is 5.98. The van der Waals surface area contributed by atoms with Crippen LogP contribution in [0.1, 0.15) is 0 Å². The Labute approximate surface area is 225 Å². The predicted molar refractivity (Wildman–Crippen MR) is 158 cm³/mol. The SMILES string of the molecule is O=c1oc(-c2ccc3cc(-c4nc5cc6ccccc6cc5c(=O)o4)ccc3c2)nc2cc3ccccc3cc12. The lowest BCUT2D eigenvalue weighted by atomic mass is 10.0. The molecule has 40 heavy (non-hydrogen) atoms. The van der Waals surface area contributed by atoms with Crippen molar-refractivity contribution in [3.05, 3.63) is 130 Å². The maximum absolute atomic E-state index is 12.8. The molecule has 2 aromatic heterocycles. The molecule has 0 aliphatic heterocycles. The Bertz CT molecular complexity index is 2270. The lowest BCUT2D eigenvalue weighted by Crippen LogP contribution is -2.03. The third kappa shape index (κ3) is 3.58. The van der Waals surface area contributed by atoms with Crippen molar-refractivity contribution >= 4 is 54.1 Å². The molecule has 0 fully saturated rings. The molecule has 0 unspecified atom stereocenters. The first-order chi connectivity index (χ1) is 19.6. The van der Waals surface area contributed by atoms with Gasteiger partial charge in [0.1, 0.15) is 0 Å². The minimum Gasteiger partial charge on any atom is -0.403 e. The van der Waals surface area contributed by atoms with Gasteiger partial charge in [-0.25, -0.2) is 19.6 Å². The van der Waals surface area contributed by atoms with Crippen LogP contribution in [-0.4, -0.2) is 9.97 Å². The third-order valence-electron chi connectivity index (χ3n) is 7.32. The van der Waals surface area contributed by atoms with E-state index in [1.807, 2.05) is 109 Å². The summed E-state index contributed by atoms with van der Waals surface area (Å²) in [4.78, 5) is 35.0. The Balaban J connectivity index is 1.21. The Morgan fingerprint density at radius 3 is 1.23 bits per heavy atom. The van der Waals surface area contributed by atoms with Crippen LogP contribution in [0.15, 0.2) is 128 Å². The fourth-order valence-electron chi connectivity index (χ4n) is 5.28. The van der Waals surface area contributed by atoms with Crippen LogP contribution in [-0.2, 0) is 0 Å². The van der Waals surface area contributed by atoms with Gasteiger partial charge in [0.2, 0.25) is 11.8 Å². The van der Waals surface area contributed by atoms with Gasteiger partial charge in [-0.3, -0.25) is 0 Å². The van der Waals surface area contributed by atoms with Crippen molar-refractivity contribution in [2.45, 2.75) is 0 Å². The second kappa shape index (κ2) is 8.44. The Hall–Kier alpha value is -5.62. The van der Waals surface area contributed by atoms with Gasteiger partial charge in [-0.15, -0.1) is 0 Å². The molecule has 8 rings (SSSR count). The molecule has 188 valence electrons. The fraction of sp³-hybridized carbons (Fsp3) is 0. The lowest BCUT2D eigenvalue weighted by molar-refractivity contribution is 0.518. The molecule has 2 heterocycles. The Morgan fingerprint density at radius 2 is 0.800 bits per heavy atom. The number of aromatic nitrogens is 2. The maximum atomic E-state index is 12.8. The predicted octanol–water partition coefficient (Wildman–Crippen LogP) is 7.48. The van der Waals surface area contributed by atoms with Crippen LogP contribution >= 0.6 is 0 Å². The minimum atomic E-state index is -0.425. The normalized spacial score (nSPS) is 11.7. The average molecular weight is 519 g/mol.